The lowest BCUT2D eigenvalue weighted by atomic mass is 9.97. The van der Waals surface area contributed by atoms with Crippen molar-refractivity contribution in [2.75, 3.05) is 0 Å². The maximum atomic E-state index is 5.65. The van der Waals surface area contributed by atoms with Crippen molar-refractivity contribution in [2.24, 2.45) is 5.84 Å². The zero-order chi connectivity index (χ0) is 12.8. The van der Waals surface area contributed by atoms with E-state index in [1.165, 1.54) is 16.7 Å². The highest BCUT2D eigenvalue weighted by Crippen LogP contribution is 2.12. The lowest BCUT2D eigenvalue weighted by Gasteiger charge is -2.17. The normalized spacial score (nSPS) is 12.3. The molecule has 3 nitrogen and oxygen atoms in total. The smallest absolute Gasteiger partial charge is 0.0300 e. The molecule has 0 radical (unpaired) electrons. The molecule has 1 aromatic heterocycles. The number of nitrogens with one attached hydrogen (secondary N) is 1. The molecule has 1 atom stereocenters. The van der Waals surface area contributed by atoms with Crippen LogP contribution in [0.2, 0.25) is 0 Å². The van der Waals surface area contributed by atoms with E-state index < -0.39 is 0 Å². The van der Waals surface area contributed by atoms with Gasteiger partial charge in [-0.25, -0.2) is 0 Å². The molecule has 1 aromatic carbocycles. The van der Waals surface area contributed by atoms with Crippen LogP contribution in [0.25, 0.3) is 0 Å². The molecule has 0 saturated heterocycles. The van der Waals surface area contributed by atoms with Gasteiger partial charge in [0.2, 0.25) is 0 Å². The minimum Gasteiger partial charge on any atom is -0.271 e. The Kier molecular flexibility index (Phi) is 4.45. The van der Waals surface area contributed by atoms with Crippen molar-refractivity contribution in [1.82, 2.24) is 10.4 Å². The Hall–Kier alpha value is -1.71. The summed E-state index contributed by atoms with van der Waals surface area (Å²) >= 11 is 0. The zero-order valence-corrected chi connectivity index (χ0v) is 10.6. The zero-order valence-electron chi connectivity index (χ0n) is 10.6. The third-order valence-electron chi connectivity index (χ3n) is 3.17. The summed E-state index contributed by atoms with van der Waals surface area (Å²) in [7, 11) is 0. The molecule has 1 unspecified atom stereocenters. The SMILES string of the molecule is Cc1ccccc1CC(Cc1cccnc1)NN. The van der Waals surface area contributed by atoms with E-state index in [-0.39, 0.29) is 6.04 Å². The summed E-state index contributed by atoms with van der Waals surface area (Å²) in [6, 6.07) is 12.7. The van der Waals surface area contributed by atoms with Gasteiger partial charge in [0.25, 0.3) is 0 Å². The van der Waals surface area contributed by atoms with Gasteiger partial charge >= 0.3 is 0 Å². The Morgan fingerprint density at radius 1 is 1.17 bits per heavy atom. The summed E-state index contributed by atoms with van der Waals surface area (Å²) in [5.41, 5.74) is 6.75. The van der Waals surface area contributed by atoms with Gasteiger partial charge in [-0.2, -0.15) is 0 Å². The molecule has 0 bridgehead atoms. The van der Waals surface area contributed by atoms with Crippen LogP contribution >= 0.6 is 0 Å². The standard InChI is InChI=1S/C15H19N3/c1-12-5-2-3-7-14(12)10-15(18-16)9-13-6-4-8-17-11-13/h2-8,11,15,18H,9-10,16H2,1H3. The Balaban J connectivity index is 2.04. The first-order valence-electron chi connectivity index (χ1n) is 6.19. The summed E-state index contributed by atoms with van der Waals surface area (Å²) in [6.07, 6.45) is 5.49. The van der Waals surface area contributed by atoms with Gasteiger partial charge in [0.15, 0.2) is 0 Å². The van der Waals surface area contributed by atoms with E-state index in [2.05, 4.69) is 47.7 Å². The van der Waals surface area contributed by atoms with E-state index in [0.717, 1.165) is 12.8 Å². The molecule has 0 amide bonds. The summed E-state index contributed by atoms with van der Waals surface area (Å²) in [5, 5.41) is 0. The van der Waals surface area contributed by atoms with E-state index in [4.69, 9.17) is 5.84 Å². The van der Waals surface area contributed by atoms with Crippen LogP contribution in [0.5, 0.6) is 0 Å². The van der Waals surface area contributed by atoms with E-state index in [1.807, 2.05) is 12.3 Å². The van der Waals surface area contributed by atoms with Crippen molar-refractivity contribution in [3.05, 3.63) is 65.5 Å². The Bertz CT molecular complexity index is 482. The molecule has 0 saturated carbocycles. The number of rotatable bonds is 5. The van der Waals surface area contributed by atoms with Crippen LogP contribution in [0, 0.1) is 6.92 Å². The van der Waals surface area contributed by atoms with Gasteiger partial charge in [0, 0.05) is 18.4 Å². The fourth-order valence-corrected chi connectivity index (χ4v) is 2.10. The number of nitrogens with two attached hydrogens (primary N) is 1. The van der Waals surface area contributed by atoms with Gasteiger partial charge in [-0.3, -0.25) is 16.3 Å². The van der Waals surface area contributed by atoms with Crippen molar-refractivity contribution in [3.63, 3.8) is 0 Å². The van der Waals surface area contributed by atoms with Crippen molar-refractivity contribution >= 4 is 0 Å². The monoisotopic (exact) mass is 241 g/mol. The number of hydrazine groups is 1. The maximum Gasteiger partial charge on any atom is 0.0300 e. The second kappa shape index (κ2) is 6.28. The second-order valence-corrected chi connectivity index (χ2v) is 4.56. The van der Waals surface area contributed by atoms with E-state index in [1.54, 1.807) is 6.20 Å². The topological polar surface area (TPSA) is 50.9 Å². The van der Waals surface area contributed by atoms with Gasteiger partial charge in [0.05, 0.1) is 0 Å². The number of nitrogens with zero attached hydrogens (tertiary/aromatic N) is 1. The first kappa shape index (κ1) is 12.7. The third kappa shape index (κ3) is 3.39. The summed E-state index contributed by atoms with van der Waals surface area (Å²) in [6.45, 7) is 2.13. The predicted molar refractivity (Wildman–Crippen MR) is 73.9 cm³/mol. The van der Waals surface area contributed by atoms with Crippen LogP contribution in [-0.2, 0) is 12.8 Å². The molecule has 2 rings (SSSR count). The van der Waals surface area contributed by atoms with Gasteiger partial charge in [-0.1, -0.05) is 30.3 Å². The molecular weight excluding hydrogens is 222 g/mol. The Labute approximate surface area is 108 Å². The average Bonchev–Trinajstić information content (AvgIpc) is 2.41. The molecule has 0 spiro atoms. The van der Waals surface area contributed by atoms with Crippen LogP contribution in [0.1, 0.15) is 16.7 Å². The van der Waals surface area contributed by atoms with Gasteiger partial charge in [0.1, 0.15) is 0 Å². The first-order chi connectivity index (χ1) is 8.79. The number of pyridine rings is 1. The van der Waals surface area contributed by atoms with Crippen molar-refractivity contribution in [2.45, 2.75) is 25.8 Å². The molecule has 3 heteroatoms. The van der Waals surface area contributed by atoms with Crippen LogP contribution in [0.3, 0.4) is 0 Å². The number of aromatic nitrogens is 1. The molecular formula is C15H19N3. The number of hydrogen-bond acceptors (Lipinski definition) is 3. The molecule has 0 aliphatic heterocycles. The van der Waals surface area contributed by atoms with Crippen LogP contribution < -0.4 is 11.3 Å². The predicted octanol–water partition coefficient (Wildman–Crippen LogP) is 2.01. The van der Waals surface area contributed by atoms with Crippen LogP contribution in [-0.4, -0.2) is 11.0 Å². The molecule has 3 N–H and O–H groups in total. The Morgan fingerprint density at radius 2 is 2.00 bits per heavy atom. The molecule has 0 aliphatic carbocycles. The summed E-state index contributed by atoms with van der Waals surface area (Å²) in [5.74, 6) is 5.65. The van der Waals surface area contributed by atoms with Gasteiger partial charge < -0.3 is 0 Å². The Morgan fingerprint density at radius 3 is 2.67 bits per heavy atom. The molecule has 0 fully saturated rings. The minimum absolute atomic E-state index is 0.232. The second-order valence-electron chi connectivity index (χ2n) is 4.56. The lowest BCUT2D eigenvalue weighted by molar-refractivity contribution is 0.521. The number of benzene rings is 1. The molecule has 94 valence electrons. The number of aryl methyl sites for hydroxylation is 1. The molecule has 18 heavy (non-hydrogen) atoms. The van der Waals surface area contributed by atoms with Crippen molar-refractivity contribution in [3.8, 4) is 0 Å². The van der Waals surface area contributed by atoms with Crippen molar-refractivity contribution < 1.29 is 0 Å². The highest BCUT2D eigenvalue weighted by atomic mass is 15.2. The van der Waals surface area contributed by atoms with Gasteiger partial charge in [-0.05, 0) is 42.5 Å². The number of hydrogen-bond donors (Lipinski definition) is 2. The van der Waals surface area contributed by atoms with Crippen LogP contribution in [0.15, 0.2) is 48.8 Å². The van der Waals surface area contributed by atoms with E-state index in [9.17, 15) is 0 Å². The molecule has 1 heterocycles. The lowest BCUT2D eigenvalue weighted by Crippen LogP contribution is -2.38. The average molecular weight is 241 g/mol. The highest BCUT2D eigenvalue weighted by molar-refractivity contribution is 5.26. The van der Waals surface area contributed by atoms with E-state index >= 15 is 0 Å². The summed E-state index contributed by atoms with van der Waals surface area (Å²) in [4.78, 5) is 4.13. The quantitative estimate of drug-likeness (QED) is 0.622. The highest BCUT2D eigenvalue weighted by Gasteiger charge is 2.10. The summed E-state index contributed by atoms with van der Waals surface area (Å²) < 4.78 is 0. The van der Waals surface area contributed by atoms with Gasteiger partial charge in [-0.15, -0.1) is 0 Å². The first-order valence-corrected chi connectivity index (χ1v) is 6.19. The third-order valence-corrected chi connectivity index (χ3v) is 3.17. The largest absolute Gasteiger partial charge is 0.271 e. The van der Waals surface area contributed by atoms with Crippen molar-refractivity contribution in [1.29, 1.82) is 0 Å². The molecule has 2 aromatic rings. The molecule has 0 aliphatic rings. The van der Waals surface area contributed by atoms with Crippen LogP contribution in [0.4, 0.5) is 0 Å². The maximum absolute atomic E-state index is 5.65. The minimum atomic E-state index is 0.232. The van der Waals surface area contributed by atoms with E-state index in [0.29, 0.717) is 0 Å². The fraction of sp³-hybridized carbons (Fsp3) is 0.267. The fourth-order valence-electron chi connectivity index (χ4n) is 2.10.